The van der Waals surface area contributed by atoms with Gasteiger partial charge in [0.15, 0.2) is 17.3 Å². The number of fused-ring (bicyclic) bond motifs is 1. The summed E-state index contributed by atoms with van der Waals surface area (Å²) in [6, 6.07) is 9.65. The van der Waals surface area contributed by atoms with Gasteiger partial charge in [0.05, 0.1) is 37.4 Å². The molecule has 2 aromatic carbocycles. The highest BCUT2D eigenvalue weighted by Gasteiger charge is 2.19. The second-order valence-electron chi connectivity index (χ2n) is 6.97. The Bertz CT molecular complexity index is 1330. The summed E-state index contributed by atoms with van der Waals surface area (Å²) in [7, 11) is 4.70. The van der Waals surface area contributed by atoms with Crippen LogP contribution in [0.1, 0.15) is 21.0 Å². The lowest BCUT2D eigenvalue weighted by molar-refractivity contribution is 0.0898. The quantitative estimate of drug-likeness (QED) is 0.427. The van der Waals surface area contributed by atoms with Crippen molar-refractivity contribution in [2.45, 2.75) is 0 Å². The molecular formula is C23H20FN3O4S. The number of Topliss-reactive ketones (excluding diaryl/α,β-unsaturated/α-hetero) is 1. The summed E-state index contributed by atoms with van der Waals surface area (Å²) >= 11 is 1.30. The van der Waals surface area contributed by atoms with Gasteiger partial charge in [0.2, 0.25) is 5.78 Å². The summed E-state index contributed by atoms with van der Waals surface area (Å²) < 4.78 is 26.6. The molecule has 0 bridgehead atoms. The van der Waals surface area contributed by atoms with E-state index in [2.05, 4.69) is 10.3 Å². The third-order valence-electron chi connectivity index (χ3n) is 5.12. The number of benzene rings is 2. The highest BCUT2D eigenvalue weighted by molar-refractivity contribution is 7.17. The van der Waals surface area contributed by atoms with Crippen molar-refractivity contribution in [2.24, 2.45) is 7.05 Å². The molecule has 2 aromatic heterocycles. The summed E-state index contributed by atoms with van der Waals surface area (Å²) in [5, 5.41) is 5.22. The van der Waals surface area contributed by atoms with E-state index in [4.69, 9.17) is 9.47 Å². The van der Waals surface area contributed by atoms with E-state index < -0.39 is 5.91 Å². The van der Waals surface area contributed by atoms with Crippen LogP contribution in [0.4, 0.5) is 4.39 Å². The maximum absolute atomic E-state index is 14.0. The number of aromatic nitrogens is 2. The molecule has 0 aliphatic heterocycles. The van der Waals surface area contributed by atoms with Gasteiger partial charge in [-0.05, 0) is 24.3 Å². The molecule has 4 aromatic rings. The van der Waals surface area contributed by atoms with Gasteiger partial charge in [0.1, 0.15) is 5.82 Å². The van der Waals surface area contributed by atoms with Gasteiger partial charge in [-0.2, -0.15) is 0 Å². The van der Waals surface area contributed by atoms with Gasteiger partial charge < -0.3 is 19.4 Å². The van der Waals surface area contributed by atoms with Gasteiger partial charge in [0, 0.05) is 28.9 Å². The van der Waals surface area contributed by atoms with E-state index in [0.717, 1.165) is 10.9 Å². The van der Waals surface area contributed by atoms with E-state index in [1.54, 1.807) is 42.1 Å². The van der Waals surface area contributed by atoms with Gasteiger partial charge in [-0.1, -0.05) is 12.1 Å². The monoisotopic (exact) mass is 453 g/mol. The Morgan fingerprint density at radius 3 is 2.69 bits per heavy atom. The highest BCUT2D eigenvalue weighted by Crippen LogP contribution is 2.35. The Morgan fingerprint density at radius 1 is 1.16 bits per heavy atom. The molecule has 1 amide bonds. The van der Waals surface area contributed by atoms with Crippen molar-refractivity contribution in [3.8, 4) is 22.8 Å². The fourth-order valence-corrected chi connectivity index (χ4v) is 4.43. The summed E-state index contributed by atoms with van der Waals surface area (Å²) in [5.74, 6) is 0.0611. The smallest absolute Gasteiger partial charge is 0.251 e. The average molecular weight is 453 g/mol. The molecule has 164 valence electrons. The first-order valence-corrected chi connectivity index (χ1v) is 10.5. The molecule has 2 heterocycles. The number of amides is 1. The summed E-state index contributed by atoms with van der Waals surface area (Å²) in [6.45, 7) is -0.226. The van der Waals surface area contributed by atoms with Crippen molar-refractivity contribution < 1.29 is 23.5 Å². The number of methoxy groups -OCH3 is 2. The van der Waals surface area contributed by atoms with Gasteiger partial charge in [-0.15, -0.1) is 11.3 Å². The van der Waals surface area contributed by atoms with Crippen molar-refractivity contribution in [2.75, 3.05) is 20.8 Å². The Hall–Kier alpha value is -3.72. The van der Waals surface area contributed by atoms with Gasteiger partial charge >= 0.3 is 0 Å². The Morgan fingerprint density at radius 2 is 1.94 bits per heavy atom. The summed E-state index contributed by atoms with van der Waals surface area (Å²) in [5.41, 5.74) is 1.83. The Labute approximate surface area is 187 Å². The number of nitrogens with one attached hydrogen (secondary N) is 1. The van der Waals surface area contributed by atoms with Crippen LogP contribution in [-0.4, -0.2) is 42.0 Å². The van der Waals surface area contributed by atoms with E-state index in [9.17, 15) is 14.0 Å². The molecule has 9 heteroatoms. The third kappa shape index (κ3) is 3.82. The van der Waals surface area contributed by atoms with Crippen molar-refractivity contribution in [1.29, 1.82) is 0 Å². The first-order valence-electron chi connectivity index (χ1n) is 9.65. The van der Waals surface area contributed by atoms with Crippen molar-refractivity contribution in [3.63, 3.8) is 0 Å². The van der Waals surface area contributed by atoms with Crippen LogP contribution in [0.5, 0.6) is 11.5 Å². The topological polar surface area (TPSA) is 82.5 Å². The minimum atomic E-state index is -0.423. The van der Waals surface area contributed by atoms with Gasteiger partial charge in [-0.3, -0.25) is 9.59 Å². The number of ketones is 1. The summed E-state index contributed by atoms with van der Waals surface area (Å²) in [4.78, 5) is 29.4. The fraction of sp³-hybridized carbons (Fsp3) is 0.174. The lowest BCUT2D eigenvalue weighted by Crippen LogP contribution is -2.30. The molecular weight excluding hydrogens is 433 g/mol. The van der Waals surface area contributed by atoms with Crippen LogP contribution in [-0.2, 0) is 7.05 Å². The second kappa shape index (κ2) is 8.80. The first-order chi connectivity index (χ1) is 15.4. The Balaban J connectivity index is 1.51. The highest BCUT2D eigenvalue weighted by atomic mass is 32.1. The number of carbonyl (C=O) groups is 2. The maximum atomic E-state index is 14.0. The number of thiophene rings is 1. The average Bonchev–Trinajstić information content (AvgIpc) is 3.40. The molecule has 0 fully saturated rings. The van der Waals surface area contributed by atoms with Crippen LogP contribution >= 0.6 is 11.3 Å². The molecule has 0 saturated carbocycles. The Kier molecular flexibility index (Phi) is 5.91. The molecule has 1 N–H and O–H groups in total. The molecule has 0 saturated heterocycles. The number of carbonyl (C=O) groups excluding carboxylic acids is 2. The first kappa shape index (κ1) is 21.5. The fourth-order valence-electron chi connectivity index (χ4n) is 3.46. The SMILES string of the molecule is COc1ccc(C(=O)NCC(=O)c2ncc(-c3csc4c(F)cccc34)n2C)cc1OC. The molecule has 4 rings (SSSR count). The minimum absolute atomic E-state index is 0.198. The van der Waals surface area contributed by atoms with Crippen LogP contribution in [0.2, 0.25) is 0 Å². The lowest BCUT2D eigenvalue weighted by Gasteiger charge is -2.10. The number of nitrogens with zero attached hydrogens (tertiary/aromatic N) is 2. The van der Waals surface area contributed by atoms with Crippen molar-refractivity contribution in [3.05, 3.63) is 65.2 Å². The van der Waals surface area contributed by atoms with E-state index in [0.29, 0.717) is 27.5 Å². The molecule has 7 nitrogen and oxygen atoms in total. The number of ether oxygens (including phenoxy) is 2. The van der Waals surface area contributed by atoms with Crippen LogP contribution in [0.15, 0.2) is 48.0 Å². The van der Waals surface area contributed by atoms with Crippen LogP contribution in [0.25, 0.3) is 21.3 Å². The minimum Gasteiger partial charge on any atom is -0.493 e. The normalized spacial score (nSPS) is 10.9. The third-order valence-corrected chi connectivity index (χ3v) is 6.12. The number of hydrogen-bond donors (Lipinski definition) is 1. The second-order valence-corrected chi connectivity index (χ2v) is 7.85. The van der Waals surface area contributed by atoms with Crippen LogP contribution in [0.3, 0.4) is 0 Å². The zero-order chi connectivity index (χ0) is 22.8. The standard InChI is InChI=1S/C23H20FN3O4S/c1-27-17(15-12-32-21-14(15)5-4-6-16(21)24)10-25-22(27)18(28)11-26-23(29)13-7-8-19(30-2)20(9-13)31-3/h4-10,12H,11H2,1-3H3,(H,26,29). The van der Waals surface area contributed by atoms with Crippen molar-refractivity contribution in [1.82, 2.24) is 14.9 Å². The molecule has 0 atom stereocenters. The predicted octanol–water partition coefficient (Wildman–Crippen LogP) is 4.07. The van der Waals surface area contributed by atoms with E-state index in [1.807, 2.05) is 11.4 Å². The molecule has 0 aliphatic carbocycles. The van der Waals surface area contributed by atoms with E-state index in [1.165, 1.54) is 31.6 Å². The number of rotatable bonds is 7. The number of imidazole rings is 1. The molecule has 0 aliphatic rings. The molecule has 0 radical (unpaired) electrons. The largest absolute Gasteiger partial charge is 0.493 e. The maximum Gasteiger partial charge on any atom is 0.251 e. The molecule has 0 spiro atoms. The van der Waals surface area contributed by atoms with Gasteiger partial charge in [-0.25, -0.2) is 9.37 Å². The van der Waals surface area contributed by atoms with E-state index in [-0.39, 0.29) is 24.0 Å². The lowest BCUT2D eigenvalue weighted by atomic mass is 10.1. The molecule has 0 unspecified atom stereocenters. The number of hydrogen-bond acceptors (Lipinski definition) is 6. The zero-order valence-corrected chi connectivity index (χ0v) is 18.5. The predicted molar refractivity (Wildman–Crippen MR) is 120 cm³/mol. The number of halogens is 1. The van der Waals surface area contributed by atoms with Gasteiger partial charge in [0.25, 0.3) is 5.91 Å². The summed E-state index contributed by atoms with van der Waals surface area (Å²) in [6.07, 6.45) is 1.58. The van der Waals surface area contributed by atoms with E-state index >= 15 is 0 Å². The molecule has 32 heavy (non-hydrogen) atoms. The van der Waals surface area contributed by atoms with Crippen LogP contribution in [0, 0.1) is 5.82 Å². The van der Waals surface area contributed by atoms with Crippen molar-refractivity contribution >= 4 is 33.1 Å². The van der Waals surface area contributed by atoms with Crippen LogP contribution < -0.4 is 14.8 Å². The zero-order valence-electron chi connectivity index (χ0n) is 17.6.